The van der Waals surface area contributed by atoms with Crippen LogP contribution in [0, 0.1) is 6.92 Å². The fourth-order valence-electron chi connectivity index (χ4n) is 1.76. The maximum atomic E-state index is 12.0. The molecule has 1 aromatic heterocycles. The molecule has 0 bridgehead atoms. The van der Waals surface area contributed by atoms with Gasteiger partial charge in [-0.1, -0.05) is 0 Å². The van der Waals surface area contributed by atoms with Crippen LogP contribution in [0.2, 0.25) is 0 Å². The number of carboxylic acids is 2. The van der Waals surface area contributed by atoms with Gasteiger partial charge in [0.1, 0.15) is 22.7 Å². The highest BCUT2D eigenvalue weighted by molar-refractivity contribution is 9.10. The summed E-state index contributed by atoms with van der Waals surface area (Å²) in [5.41, 5.74) is 0.898. The van der Waals surface area contributed by atoms with Crippen LogP contribution in [0.15, 0.2) is 21.0 Å². The first-order valence-electron chi connectivity index (χ1n) is 6.63. The van der Waals surface area contributed by atoms with Crippen molar-refractivity contribution in [3.63, 3.8) is 0 Å². The molecule has 2 aromatic rings. The van der Waals surface area contributed by atoms with Gasteiger partial charge in [-0.05, 0) is 48.8 Å². The monoisotopic (exact) mass is 402 g/mol. The molecule has 24 heavy (non-hydrogen) atoms. The molecule has 0 aliphatic carbocycles. The van der Waals surface area contributed by atoms with Gasteiger partial charge >= 0.3 is 17.9 Å². The summed E-state index contributed by atoms with van der Waals surface area (Å²) in [6.07, 6.45) is -0.203. The van der Waals surface area contributed by atoms with Crippen molar-refractivity contribution in [3.05, 3.63) is 27.9 Å². The molecule has 9 heteroatoms. The summed E-state index contributed by atoms with van der Waals surface area (Å²) >= 11 is 3.20. The third kappa shape index (κ3) is 4.72. The van der Waals surface area contributed by atoms with Crippen LogP contribution in [-0.4, -0.2) is 39.3 Å². The maximum absolute atomic E-state index is 12.0. The molecule has 0 fully saturated rings. The number of phenols is 1. The van der Waals surface area contributed by atoms with Gasteiger partial charge in [0.05, 0.1) is 10.6 Å². The van der Waals surface area contributed by atoms with E-state index in [-0.39, 0.29) is 11.9 Å². The number of carbonyl (C=O) groups is 3. The number of benzene rings is 1. The Morgan fingerprint density at radius 3 is 2.17 bits per heavy atom. The fourth-order valence-corrected chi connectivity index (χ4v) is 2.08. The number of hydrogen-bond donors (Lipinski definition) is 3. The van der Waals surface area contributed by atoms with Gasteiger partial charge in [-0.25, -0.2) is 14.4 Å². The first-order valence-corrected chi connectivity index (χ1v) is 7.42. The molecule has 0 spiro atoms. The Labute approximate surface area is 144 Å². The number of esters is 1. The van der Waals surface area contributed by atoms with Crippen LogP contribution in [0.4, 0.5) is 0 Å². The number of aromatic hydroxyl groups is 1. The lowest BCUT2D eigenvalue weighted by Crippen LogP contribution is -2.12. The van der Waals surface area contributed by atoms with E-state index < -0.39 is 17.9 Å². The lowest BCUT2D eigenvalue weighted by atomic mass is 10.1. The largest absolute Gasteiger partial charge is 0.507 e. The van der Waals surface area contributed by atoms with E-state index in [1.165, 1.54) is 6.07 Å². The van der Waals surface area contributed by atoms with Gasteiger partial charge in [-0.3, -0.25) is 0 Å². The van der Waals surface area contributed by atoms with Crippen molar-refractivity contribution in [2.75, 3.05) is 0 Å². The summed E-state index contributed by atoms with van der Waals surface area (Å²) in [6.45, 7) is 5.26. The summed E-state index contributed by atoms with van der Waals surface area (Å²) in [6, 6.07) is 3.12. The second kappa shape index (κ2) is 7.82. The summed E-state index contributed by atoms with van der Waals surface area (Å²) in [4.78, 5) is 30.2. The molecule has 1 heterocycles. The molecule has 0 saturated carbocycles. The standard InChI is InChI=1S/C13H13BrO4.C2H2O4/c1-6(2)17-13(16)12-7(3)18-11-5-9(14)10(15)4-8(11)12;3-1(4)2(5)6/h4-6,15H,1-3H3;(H,3,4)(H,5,6). The van der Waals surface area contributed by atoms with Crippen molar-refractivity contribution < 1.29 is 38.9 Å². The molecule has 0 aliphatic rings. The molecule has 0 unspecified atom stereocenters. The van der Waals surface area contributed by atoms with Crippen LogP contribution in [0.3, 0.4) is 0 Å². The number of ether oxygens (including phenoxy) is 1. The summed E-state index contributed by atoms with van der Waals surface area (Å²) < 4.78 is 11.2. The van der Waals surface area contributed by atoms with Crippen LogP contribution in [0.5, 0.6) is 5.75 Å². The molecule has 0 radical (unpaired) electrons. The van der Waals surface area contributed by atoms with Crippen molar-refractivity contribution >= 4 is 44.8 Å². The highest BCUT2D eigenvalue weighted by atomic mass is 79.9. The smallest absolute Gasteiger partial charge is 0.414 e. The first kappa shape index (κ1) is 19.5. The number of carboxylic acid groups (broad SMARTS) is 2. The number of halogens is 1. The molecular weight excluding hydrogens is 388 g/mol. The van der Waals surface area contributed by atoms with E-state index in [2.05, 4.69) is 15.9 Å². The number of phenolic OH excluding ortho intramolecular Hbond substituents is 1. The SMILES string of the molecule is Cc1oc2cc(Br)c(O)cc2c1C(=O)OC(C)C.O=C(O)C(=O)O. The van der Waals surface area contributed by atoms with Gasteiger partial charge in [0.15, 0.2) is 0 Å². The third-order valence-corrected chi connectivity index (χ3v) is 3.30. The van der Waals surface area contributed by atoms with E-state index in [0.717, 1.165) is 0 Å². The summed E-state index contributed by atoms with van der Waals surface area (Å²) in [5.74, 6) is -3.55. The minimum atomic E-state index is -1.82. The average Bonchev–Trinajstić information content (AvgIpc) is 2.74. The van der Waals surface area contributed by atoms with E-state index in [0.29, 0.717) is 26.8 Å². The van der Waals surface area contributed by atoms with Crippen molar-refractivity contribution in [1.82, 2.24) is 0 Å². The molecule has 0 aliphatic heterocycles. The lowest BCUT2D eigenvalue weighted by molar-refractivity contribution is -0.159. The van der Waals surface area contributed by atoms with Crippen LogP contribution in [0.25, 0.3) is 11.0 Å². The molecule has 8 nitrogen and oxygen atoms in total. The third-order valence-electron chi connectivity index (χ3n) is 2.66. The second-order valence-corrected chi connectivity index (χ2v) is 5.75. The molecule has 0 atom stereocenters. The summed E-state index contributed by atoms with van der Waals surface area (Å²) in [7, 11) is 0. The van der Waals surface area contributed by atoms with E-state index in [9.17, 15) is 9.90 Å². The quantitative estimate of drug-likeness (QED) is 0.515. The summed E-state index contributed by atoms with van der Waals surface area (Å²) in [5, 5.41) is 25.0. The minimum absolute atomic E-state index is 0.0573. The van der Waals surface area contributed by atoms with Crippen LogP contribution in [-0.2, 0) is 14.3 Å². The zero-order valence-corrected chi connectivity index (χ0v) is 14.6. The van der Waals surface area contributed by atoms with E-state index in [1.807, 2.05) is 0 Å². The first-order chi connectivity index (χ1) is 11.0. The van der Waals surface area contributed by atoms with Crippen LogP contribution < -0.4 is 0 Å². The van der Waals surface area contributed by atoms with Gasteiger partial charge in [0.25, 0.3) is 0 Å². The van der Waals surface area contributed by atoms with Gasteiger partial charge in [-0.2, -0.15) is 0 Å². The Kier molecular flexibility index (Phi) is 6.35. The Morgan fingerprint density at radius 1 is 1.17 bits per heavy atom. The molecule has 2 rings (SSSR count). The molecule has 130 valence electrons. The molecule has 0 saturated heterocycles. The number of aliphatic carboxylic acids is 2. The van der Waals surface area contributed by atoms with Crippen molar-refractivity contribution in [2.45, 2.75) is 26.9 Å². The molecular formula is C15H15BrO8. The molecule has 1 aromatic carbocycles. The predicted octanol–water partition coefficient (Wildman–Crippen LogP) is 2.93. The predicted molar refractivity (Wildman–Crippen MR) is 86.1 cm³/mol. The zero-order valence-electron chi connectivity index (χ0n) is 13.0. The number of fused-ring (bicyclic) bond motifs is 1. The van der Waals surface area contributed by atoms with E-state index in [1.54, 1.807) is 26.8 Å². The number of furan rings is 1. The number of aryl methyl sites for hydroxylation is 1. The fraction of sp³-hybridized carbons (Fsp3) is 0.267. The second-order valence-electron chi connectivity index (χ2n) is 4.90. The minimum Gasteiger partial charge on any atom is -0.507 e. The number of rotatable bonds is 2. The van der Waals surface area contributed by atoms with Gasteiger partial charge in [0.2, 0.25) is 0 Å². The Hall–Kier alpha value is -2.55. The Balaban J connectivity index is 0.000000413. The molecule has 3 N–H and O–H groups in total. The van der Waals surface area contributed by atoms with Crippen molar-refractivity contribution in [3.8, 4) is 5.75 Å². The highest BCUT2D eigenvalue weighted by Gasteiger charge is 2.21. The zero-order chi connectivity index (χ0) is 18.6. The van der Waals surface area contributed by atoms with Crippen LogP contribution in [0.1, 0.15) is 30.0 Å². The van der Waals surface area contributed by atoms with Gasteiger partial charge < -0.3 is 24.5 Å². The number of hydrogen-bond acceptors (Lipinski definition) is 6. The average molecular weight is 403 g/mol. The highest BCUT2D eigenvalue weighted by Crippen LogP contribution is 2.34. The lowest BCUT2D eigenvalue weighted by Gasteiger charge is -2.07. The van der Waals surface area contributed by atoms with Crippen LogP contribution >= 0.6 is 15.9 Å². The normalized spacial score (nSPS) is 10.2. The Bertz CT molecular complexity index is 778. The van der Waals surface area contributed by atoms with Gasteiger partial charge in [0, 0.05) is 5.39 Å². The van der Waals surface area contributed by atoms with Crippen molar-refractivity contribution in [2.24, 2.45) is 0 Å². The topological polar surface area (TPSA) is 134 Å². The molecule has 0 amide bonds. The van der Waals surface area contributed by atoms with Crippen molar-refractivity contribution in [1.29, 1.82) is 0 Å². The van der Waals surface area contributed by atoms with Gasteiger partial charge in [-0.15, -0.1) is 0 Å². The van der Waals surface area contributed by atoms with E-state index >= 15 is 0 Å². The maximum Gasteiger partial charge on any atom is 0.414 e. The van der Waals surface area contributed by atoms with E-state index in [4.69, 9.17) is 29.0 Å². The Morgan fingerprint density at radius 2 is 1.71 bits per heavy atom. The number of carbonyl (C=O) groups excluding carboxylic acids is 1.